The van der Waals surface area contributed by atoms with Crippen LogP contribution in [0.4, 0.5) is 17.1 Å². The van der Waals surface area contributed by atoms with Crippen LogP contribution in [0, 0.1) is 0 Å². The Morgan fingerprint density at radius 3 is 1.30 bits per heavy atom. The number of nitrogens with zero attached hydrogens (tertiary/aromatic N) is 1. The Balaban J connectivity index is 1.05. The van der Waals surface area contributed by atoms with Gasteiger partial charge >= 0.3 is 0 Å². The van der Waals surface area contributed by atoms with E-state index < -0.39 is 0 Å². The molecule has 0 fully saturated rings. The molecule has 1 nitrogen and oxygen atoms in total. The number of hydrogen-bond acceptors (Lipinski definition) is 1. The van der Waals surface area contributed by atoms with Crippen LogP contribution in [0.1, 0.15) is 0 Å². The zero-order valence-corrected chi connectivity index (χ0v) is 34.6. The molecular formula is C62H41N. The fourth-order valence-corrected chi connectivity index (χ4v) is 9.64. The van der Waals surface area contributed by atoms with Gasteiger partial charge in [-0.05, 0) is 135 Å². The van der Waals surface area contributed by atoms with Crippen molar-refractivity contribution < 1.29 is 0 Å². The van der Waals surface area contributed by atoms with E-state index in [1.165, 1.54) is 98.4 Å². The summed E-state index contributed by atoms with van der Waals surface area (Å²) < 4.78 is 0. The van der Waals surface area contributed by atoms with E-state index in [9.17, 15) is 0 Å². The van der Waals surface area contributed by atoms with Gasteiger partial charge in [0.05, 0.1) is 5.69 Å². The molecule has 0 saturated carbocycles. The second-order valence-electron chi connectivity index (χ2n) is 16.5. The van der Waals surface area contributed by atoms with Gasteiger partial charge in [0.2, 0.25) is 0 Å². The largest absolute Gasteiger partial charge is 0.310 e. The quantitative estimate of drug-likeness (QED) is 0.145. The predicted molar refractivity (Wildman–Crippen MR) is 270 cm³/mol. The van der Waals surface area contributed by atoms with E-state index in [1.807, 2.05) is 0 Å². The molecule has 0 aliphatic carbocycles. The lowest BCUT2D eigenvalue weighted by molar-refractivity contribution is 1.28. The van der Waals surface area contributed by atoms with Crippen molar-refractivity contribution in [3.05, 3.63) is 249 Å². The van der Waals surface area contributed by atoms with Gasteiger partial charge in [-0.2, -0.15) is 0 Å². The van der Waals surface area contributed by atoms with Crippen molar-refractivity contribution in [2.24, 2.45) is 0 Å². The molecule has 0 heterocycles. The molecule has 294 valence electrons. The average Bonchev–Trinajstić information content (AvgIpc) is 3.36. The molecule has 12 aromatic carbocycles. The van der Waals surface area contributed by atoms with Crippen LogP contribution in [0.2, 0.25) is 0 Å². The number of fused-ring (bicyclic) bond motifs is 6. The summed E-state index contributed by atoms with van der Waals surface area (Å²) in [4.78, 5) is 2.45. The first-order valence-electron chi connectivity index (χ1n) is 21.7. The zero-order valence-electron chi connectivity index (χ0n) is 34.6. The smallest absolute Gasteiger partial charge is 0.0546 e. The third-order valence-electron chi connectivity index (χ3n) is 12.8. The van der Waals surface area contributed by atoms with Gasteiger partial charge in [0.25, 0.3) is 0 Å². The van der Waals surface area contributed by atoms with E-state index in [4.69, 9.17) is 0 Å². The van der Waals surface area contributed by atoms with Crippen LogP contribution in [0.5, 0.6) is 0 Å². The van der Waals surface area contributed by atoms with Crippen LogP contribution in [0.15, 0.2) is 249 Å². The SMILES string of the molecule is c1ccc2cc(-c3ccc(N(c4ccc(-c5ccc6c(ccc7ccccc76)c5)cc4)c4cc(-c5cccc6ccccc56)ccc4-c4cccc5ccccc45)cc3)ccc2c1. The third-order valence-corrected chi connectivity index (χ3v) is 12.8. The Hall–Kier alpha value is -8.26. The highest BCUT2D eigenvalue weighted by Gasteiger charge is 2.21. The van der Waals surface area contributed by atoms with E-state index >= 15 is 0 Å². The number of rotatable bonds is 7. The number of hydrogen-bond donors (Lipinski definition) is 0. The summed E-state index contributed by atoms with van der Waals surface area (Å²) in [5, 5.41) is 12.5. The van der Waals surface area contributed by atoms with Crippen molar-refractivity contribution in [2.45, 2.75) is 0 Å². The molecule has 0 aliphatic heterocycles. The molecule has 0 radical (unpaired) electrons. The van der Waals surface area contributed by atoms with E-state index in [0.29, 0.717) is 0 Å². The monoisotopic (exact) mass is 799 g/mol. The van der Waals surface area contributed by atoms with Crippen LogP contribution in [0.25, 0.3) is 98.4 Å². The highest BCUT2D eigenvalue weighted by atomic mass is 15.1. The summed E-state index contributed by atoms with van der Waals surface area (Å²) in [7, 11) is 0. The second-order valence-corrected chi connectivity index (χ2v) is 16.5. The minimum absolute atomic E-state index is 1.08. The van der Waals surface area contributed by atoms with Gasteiger partial charge in [-0.15, -0.1) is 0 Å². The molecule has 63 heavy (non-hydrogen) atoms. The van der Waals surface area contributed by atoms with Crippen molar-refractivity contribution in [1.82, 2.24) is 0 Å². The Morgan fingerprint density at radius 2 is 0.635 bits per heavy atom. The summed E-state index contributed by atoms with van der Waals surface area (Å²) in [5.74, 6) is 0. The maximum atomic E-state index is 2.45. The van der Waals surface area contributed by atoms with E-state index in [2.05, 4.69) is 254 Å². The van der Waals surface area contributed by atoms with Gasteiger partial charge in [0, 0.05) is 16.9 Å². The molecule has 0 aliphatic rings. The lowest BCUT2D eigenvalue weighted by atomic mass is 9.92. The number of benzene rings is 12. The van der Waals surface area contributed by atoms with Crippen LogP contribution < -0.4 is 4.90 Å². The van der Waals surface area contributed by atoms with Gasteiger partial charge in [-0.3, -0.25) is 0 Å². The predicted octanol–water partition coefficient (Wildman–Crippen LogP) is 17.6. The van der Waals surface area contributed by atoms with Crippen molar-refractivity contribution in [3.8, 4) is 44.5 Å². The van der Waals surface area contributed by atoms with E-state index in [-0.39, 0.29) is 0 Å². The molecule has 1 heteroatoms. The van der Waals surface area contributed by atoms with Crippen LogP contribution in [-0.2, 0) is 0 Å². The fourth-order valence-electron chi connectivity index (χ4n) is 9.64. The Bertz CT molecular complexity index is 3660. The Kier molecular flexibility index (Phi) is 8.90. The standard InChI is InChI=1S/C62H41N/c1-2-15-48-39-49(25-23-42(48)11-1)43-27-33-53(34-28-43)63(54-35-29-44(30-36-54)50-31-37-59-51(40-50)26-24-47-14-5-7-19-56(47)59)62-41-52(58-21-9-16-45-12-3-6-18-55(45)58)32-38-61(62)60-22-10-17-46-13-4-8-20-57(46)60/h1-41H. The Labute approximate surface area is 367 Å². The number of anilines is 3. The molecule has 0 atom stereocenters. The van der Waals surface area contributed by atoms with Crippen molar-refractivity contribution in [3.63, 3.8) is 0 Å². The molecule has 0 unspecified atom stereocenters. The van der Waals surface area contributed by atoms with Crippen LogP contribution in [0.3, 0.4) is 0 Å². The molecule has 0 amide bonds. The molecular weight excluding hydrogens is 759 g/mol. The molecule has 0 aromatic heterocycles. The van der Waals surface area contributed by atoms with Gasteiger partial charge in [0.15, 0.2) is 0 Å². The topological polar surface area (TPSA) is 3.24 Å². The maximum Gasteiger partial charge on any atom is 0.0546 e. The summed E-state index contributed by atoms with van der Waals surface area (Å²) >= 11 is 0. The maximum absolute atomic E-state index is 2.45. The summed E-state index contributed by atoms with van der Waals surface area (Å²) in [5.41, 5.74) is 12.8. The van der Waals surface area contributed by atoms with Crippen molar-refractivity contribution >= 4 is 70.9 Å². The molecule has 0 saturated heterocycles. The lowest BCUT2D eigenvalue weighted by Crippen LogP contribution is -2.11. The summed E-state index contributed by atoms with van der Waals surface area (Å²) in [6.07, 6.45) is 0. The fraction of sp³-hybridized carbons (Fsp3) is 0. The van der Waals surface area contributed by atoms with Crippen LogP contribution in [-0.4, -0.2) is 0 Å². The molecule has 12 rings (SSSR count). The van der Waals surface area contributed by atoms with E-state index in [0.717, 1.165) is 17.1 Å². The molecule has 0 spiro atoms. The van der Waals surface area contributed by atoms with Gasteiger partial charge in [-0.1, -0.05) is 206 Å². The highest BCUT2D eigenvalue weighted by molar-refractivity contribution is 6.09. The molecule has 0 bridgehead atoms. The average molecular weight is 800 g/mol. The van der Waals surface area contributed by atoms with Gasteiger partial charge < -0.3 is 4.90 Å². The lowest BCUT2D eigenvalue weighted by Gasteiger charge is -2.29. The van der Waals surface area contributed by atoms with Crippen LogP contribution >= 0.6 is 0 Å². The van der Waals surface area contributed by atoms with E-state index in [1.54, 1.807) is 0 Å². The third kappa shape index (κ3) is 6.59. The first-order chi connectivity index (χ1) is 31.2. The second kappa shape index (κ2) is 15.3. The molecule has 0 N–H and O–H groups in total. The first kappa shape index (κ1) is 36.6. The summed E-state index contributed by atoms with van der Waals surface area (Å²) in [6, 6.07) is 91.3. The van der Waals surface area contributed by atoms with Gasteiger partial charge in [-0.25, -0.2) is 0 Å². The normalized spacial score (nSPS) is 11.5. The summed E-state index contributed by atoms with van der Waals surface area (Å²) in [6.45, 7) is 0. The Morgan fingerprint density at radius 1 is 0.206 bits per heavy atom. The first-order valence-corrected chi connectivity index (χ1v) is 21.7. The minimum Gasteiger partial charge on any atom is -0.310 e. The molecule has 12 aromatic rings. The van der Waals surface area contributed by atoms with Gasteiger partial charge in [0.1, 0.15) is 0 Å². The van der Waals surface area contributed by atoms with Crippen molar-refractivity contribution in [2.75, 3.05) is 4.90 Å². The van der Waals surface area contributed by atoms with Crippen molar-refractivity contribution in [1.29, 1.82) is 0 Å². The highest BCUT2D eigenvalue weighted by Crippen LogP contribution is 2.46. The minimum atomic E-state index is 1.08. The zero-order chi connectivity index (χ0) is 41.7.